The van der Waals surface area contributed by atoms with Crippen molar-refractivity contribution in [3.05, 3.63) is 54.1 Å². The SMILES string of the molecule is COC(=O)[C@@H](N)Cc1ccc(-c2cccc(O)c2)cc1. The summed E-state index contributed by atoms with van der Waals surface area (Å²) < 4.78 is 4.60. The van der Waals surface area contributed by atoms with Gasteiger partial charge in [0.25, 0.3) is 0 Å². The molecular weight excluding hydrogens is 254 g/mol. The van der Waals surface area contributed by atoms with Gasteiger partial charge in [0.15, 0.2) is 0 Å². The summed E-state index contributed by atoms with van der Waals surface area (Å²) in [5.74, 6) is -0.179. The maximum absolute atomic E-state index is 11.3. The van der Waals surface area contributed by atoms with Crippen molar-refractivity contribution in [2.45, 2.75) is 12.5 Å². The van der Waals surface area contributed by atoms with Crippen LogP contribution in [0, 0.1) is 0 Å². The fourth-order valence-corrected chi connectivity index (χ4v) is 2.01. The fraction of sp³-hybridized carbons (Fsp3) is 0.188. The molecule has 104 valence electrons. The van der Waals surface area contributed by atoms with E-state index in [1.54, 1.807) is 18.2 Å². The molecule has 0 aromatic heterocycles. The second kappa shape index (κ2) is 6.21. The zero-order valence-corrected chi connectivity index (χ0v) is 11.2. The van der Waals surface area contributed by atoms with E-state index in [9.17, 15) is 9.90 Å². The quantitative estimate of drug-likeness (QED) is 0.835. The van der Waals surface area contributed by atoms with Gasteiger partial charge in [-0.05, 0) is 35.2 Å². The average Bonchev–Trinajstić information content (AvgIpc) is 2.47. The predicted molar refractivity (Wildman–Crippen MR) is 77.2 cm³/mol. The van der Waals surface area contributed by atoms with E-state index in [-0.39, 0.29) is 5.75 Å². The zero-order chi connectivity index (χ0) is 14.5. The smallest absolute Gasteiger partial charge is 0.322 e. The molecular formula is C16H17NO3. The van der Waals surface area contributed by atoms with Gasteiger partial charge in [0, 0.05) is 0 Å². The number of benzene rings is 2. The molecule has 3 N–H and O–H groups in total. The van der Waals surface area contributed by atoms with Crippen molar-refractivity contribution in [3.8, 4) is 16.9 Å². The molecule has 0 aliphatic rings. The Morgan fingerprint density at radius 3 is 2.50 bits per heavy atom. The number of carbonyl (C=O) groups is 1. The van der Waals surface area contributed by atoms with Gasteiger partial charge in [0.1, 0.15) is 11.8 Å². The number of hydrogen-bond donors (Lipinski definition) is 2. The van der Waals surface area contributed by atoms with E-state index in [1.807, 2.05) is 30.3 Å². The van der Waals surface area contributed by atoms with Crippen molar-refractivity contribution in [2.75, 3.05) is 7.11 Å². The number of hydrogen-bond acceptors (Lipinski definition) is 4. The fourth-order valence-electron chi connectivity index (χ4n) is 2.01. The lowest BCUT2D eigenvalue weighted by atomic mass is 10.0. The lowest BCUT2D eigenvalue weighted by Crippen LogP contribution is -2.33. The van der Waals surface area contributed by atoms with Crippen LogP contribution in [0.3, 0.4) is 0 Å². The Morgan fingerprint density at radius 1 is 1.20 bits per heavy atom. The average molecular weight is 271 g/mol. The maximum atomic E-state index is 11.3. The van der Waals surface area contributed by atoms with E-state index in [2.05, 4.69) is 4.74 Å². The molecule has 0 aliphatic carbocycles. The van der Waals surface area contributed by atoms with E-state index in [1.165, 1.54) is 7.11 Å². The third kappa shape index (κ3) is 3.36. The van der Waals surface area contributed by atoms with E-state index in [0.717, 1.165) is 16.7 Å². The molecule has 2 rings (SSSR count). The Labute approximate surface area is 117 Å². The molecule has 4 nitrogen and oxygen atoms in total. The molecule has 2 aromatic carbocycles. The van der Waals surface area contributed by atoms with Crippen LogP contribution >= 0.6 is 0 Å². The second-order valence-electron chi connectivity index (χ2n) is 4.58. The van der Waals surface area contributed by atoms with E-state index in [0.29, 0.717) is 6.42 Å². The molecule has 1 atom stereocenters. The highest BCUT2D eigenvalue weighted by molar-refractivity contribution is 5.75. The van der Waals surface area contributed by atoms with Gasteiger partial charge in [-0.15, -0.1) is 0 Å². The van der Waals surface area contributed by atoms with Crippen LogP contribution in [0.25, 0.3) is 11.1 Å². The molecule has 2 aromatic rings. The van der Waals surface area contributed by atoms with E-state index < -0.39 is 12.0 Å². The highest BCUT2D eigenvalue weighted by Gasteiger charge is 2.14. The number of ether oxygens (including phenoxy) is 1. The second-order valence-corrected chi connectivity index (χ2v) is 4.58. The normalized spacial score (nSPS) is 11.9. The summed E-state index contributed by atoms with van der Waals surface area (Å²) in [4.78, 5) is 11.3. The molecule has 0 aliphatic heterocycles. The third-order valence-electron chi connectivity index (χ3n) is 3.09. The Morgan fingerprint density at radius 2 is 1.90 bits per heavy atom. The summed E-state index contributed by atoms with van der Waals surface area (Å²) >= 11 is 0. The van der Waals surface area contributed by atoms with Crippen LogP contribution in [0.1, 0.15) is 5.56 Å². The first-order valence-corrected chi connectivity index (χ1v) is 6.32. The molecule has 0 heterocycles. The number of phenols is 1. The Kier molecular flexibility index (Phi) is 4.38. The van der Waals surface area contributed by atoms with Gasteiger partial charge < -0.3 is 15.6 Å². The molecule has 20 heavy (non-hydrogen) atoms. The molecule has 0 fully saturated rings. The number of carbonyl (C=O) groups excluding carboxylic acids is 1. The molecule has 0 amide bonds. The van der Waals surface area contributed by atoms with Gasteiger partial charge in [0.05, 0.1) is 7.11 Å². The molecule has 0 unspecified atom stereocenters. The van der Waals surface area contributed by atoms with Gasteiger partial charge in [-0.2, -0.15) is 0 Å². The monoisotopic (exact) mass is 271 g/mol. The van der Waals surface area contributed by atoms with Crippen LogP contribution in [-0.4, -0.2) is 24.2 Å². The molecule has 0 spiro atoms. The Hall–Kier alpha value is -2.33. The van der Waals surface area contributed by atoms with Gasteiger partial charge >= 0.3 is 5.97 Å². The minimum atomic E-state index is -0.647. The van der Waals surface area contributed by atoms with Crippen molar-refractivity contribution in [2.24, 2.45) is 5.73 Å². The van der Waals surface area contributed by atoms with Gasteiger partial charge in [0.2, 0.25) is 0 Å². The van der Waals surface area contributed by atoms with Crippen molar-refractivity contribution >= 4 is 5.97 Å². The van der Waals surface area contributed by atoms with Crippen LogP contribution in [-0.2, 0) is 16.0 Å². The summed E-state index contributed by atoms with van der Waals surface area (Å²) in [5, 5.41) is 9.47. The number of esters is 1. The number of rotatable bonds is 4. The highest BCUT2D eigenvalue weighted by Crippen LogP contribution is 2.23. The van der Waals surface area contributed by atoms with Crippen molar-refractivity contribution < 1.29 is 14.6 Å². The predicted octanol–water partition coefficient (Wildman–Crippen LogP) is 2.10. The first kappa shape index (κ1) is 14.1. The van der Waals surface area contributed by atoms with Gasteiger partial charge in [-0.1, -0.05) is 36.4 Å². The number of phenolic OH excluding ortho intramolecular Hbond substituents is 1. The standard InChI is InChI=1S/C16H17NO3/c1-20-16(19)15(17)9-11-5-7-12(8-6-11)13-3-2-4-14(18)10-13/h2-8,10,15,18H,9,17H2,1H3/t15-/m0/s1. The molecule has 0 saturated carbocycles. The lowest BCUT2D eigenvalue weighted by molar-refractivity contribution is -0.142. The zero-order valence-electron chi connectivity index (χ0n) is 11.2. The lowest BCUT2D eigenvalue weighted by Gasteiger charge is -2.10. The first-order chi connectivity index (χ1) is 9.60. The Bertz CT molecular complexity index is 593. The summed E-state index contributed by atoms with van der Waals surface area (Å²) in [7, 11) is 1.33. The van der Waals surface area contributed by atoms with Crippen LogP contribution in [0.5, 0.6) is 5.75 Å². The Balaban J connectivity index is 2.12. The minimum absolute atomic E-state index is 0.235. The third-order valence-corrected chi connectivity index (χ3v) is 3.09. The van der Waals surface area contributed by atoms with Gasteiger partial charge in [-0.25, -0.2) is 0 Å². The number of aromatic hydroxyl groups is 1. The van der Waals surface area contributed by atoms with Crippen LogP contribution in [0.15, 0.2) is 48.5 Å². The minimum Gasteiger partial charge on any atom is -0.508 e. The largest absolute Gasteiger partial charge is 0.508 e. The summed E-state index contributed by atoms with van der Waals surface area (Å²) in [5.41, 5.74) is 8.62. The maximum Gasteiger partial charge on any atom is 0.322 e. The molecule has 4 heteroatoms. The summed E-state index contributed by atoms with van der Waals surface area (Å²) in [6.45, 7) is 0. The summed E-state index contributed by atoms with van der Waals surface area (Å²) in [6.07, 6.45) is 0.437. The van der Waals surface area contributed by atoms with Gasteiger partial charge in [-0.3, -0.25) is 4.79 Å². The van der Waals surface area contributed by atoms with Crippen LogP contribution in [0.4, 0.5) is 0 Å². The first-order valence-electron chi connectivity index (χ1n) is 6.32. The molecule has 0 bridgehead atoms. The van der Waals surface area contributed by atoms with E-state index in [4.69, 9.17) is 5.73 Å². The van der Waals surface area contributed by atoms with Crippen molar-refractivity contribution in [1.82, 2.24) is 0 Å². The number of nitrogens with two attached hydrogens (primary N) is 1. The van der Waals surface area contributed by atoms with Crippen molar-refractivity contribution in [1.29, 1.82) is 0 Å². The van der Waals surface area contributed by atoms with E-state index >= 15 is 0 Å². The van der Waals surface area contributed by atoms with Crippen molar-refractivity contribution in [3.63, 3.8) is 0 Å². The van der Waals surface area contributed by atoms with Crippen LogP contribution in [0.2, 0.25) is 0 Å². The summed E-state index contributed by atoms with van der Waals surface area (Å²) in [6, 6.07) is 14.1. The molecule has 0 radical (unpaired) electrons. The molecule has 0 saturated heterocycles. The topological polar surface area (TPSA) is 72.5 Å². The van der Waals surface area contributed by atoms with Crippen LogP contribution < -0.4 is 5.73 Å². The number of methoxy groups -OCH3 is 1. The highest BCUT2D eigenvalue weighted by atomic mass is 16.5.